The summed E-state index contributed by atoms with van der Waals surface area (Å²) in [6.07, 6.45) is 5.84. The van der Waals surface area contributed by atoms with E-state index in [9.17, 15) is 9.59 Å². The summed E-state index contributed by atoms with van der Waals surface area (Å²) in [6, 6.07) is 16.5. The SMILES string of the molecule is Cl.O=C(C1Cc2ccccc2N1C(=O)CCN1CCC2(CCc3ccccc32)CC1)N1CCOCC1. The maximum Gasteiger partial charge on any atom is 0.246 e. The van der Waals surface area contributed by atoms with E-state index >= 15 is 0 Å². The fourth-order valence-corrected chi connectivity index (χ4v) is 6.75. The predicted octanol–water partition coefficient (Wildman–Crippen LogP) is 3.60. The van der Waals surface area contributed by atoms with Crippen LogP contribution >= 0.6 is 12.4 Å². The Balaban J connectivity index is 0.00000267. The second kappa shape index (κ2) is 10.5. The van der Waals surface area contributed by atoms with Gasteiger partial charge in [0.1, 0.15) is 6.04 Å². The Kier molecular flexibility index (Phi) is 7.38. The number of piperidine rings is 1. The van der Waals surface area contributed by atoms with E-state index in [2.05, 4.69) is 29.2 Å². The quantitative estimate of drug-likeness (QED) is 0.632. The monoisotopic (exact) mass is 509 g/mol. The van der Waals surface area contributed by atoms with Gasteiger partial charge in [-0.2, -0.15) is 0 Å². The number of hydrogen-bond donors (Lipinski definition) is 0. The van der Waals surface area contributed by atoms with Crippen LogP contribution in [0.2, 0.25) is 0 Å². The summed E-state index contributed by atoms with van der Waals surface area (Å²) in [5, 5.41) is 0. The van der Waals surface area contributed by atoms with Gasteiger partial charge in [0.2, 0.25) is 11.8 Å². The summed E-state index contributed by atoms with van der Waals surface area (Å²) >= 11 is 0. The van der Waals surface area contributed by atoms with Gasteiger partial charge in [0.05, 0.1) is 13.2 Å². The third-order valence-electron chi connectivity index (χ3n) is 8.77. The van der Waals surface area contributed by atoms with Gasteiger partial charge >= 0.3 is 0 Å². The van der Waals surface area contributed by atoms with Crippen LogP contribution in [-0.4, -0.2) is 73.6 Å². The highest BCUT2D eigenvalue weighted by Crippen LogP contribution is 2.46. The number of carbonyl (C=O) groups is 2. The predicted molar refractivity (Wildman–Crippen MR) is 143 cm³/mol. The van der Waals surface area contributed by atoms with Gasteiger partial charge in [-0.1, -0.05) is 42.5 Å². The van der Waals surface area contributed by atoms with Gasteiger partial charge in [0.15, 0.2) is 0 Å². The Hall–Kier alpha value is -2.41. The zero-order valence-electron chi connectivity index (χ0n) is 20.9. The molecule has 2 aromatic carbocycles. The standard InChI is InChI=1S/C29H35N3O3.ClH/c33-27(10-14-30-15-12-29(13-16-30)11-9-22-5-1-3-7-24(22)29)32-25-8-4-2-6-23(25)21-26(32)28(34)31-17-19-35-20-18-31;/h1-8,26H,9-21H2;1H. The molecule has 1 spiro atoms. The lowest BCUT2D eigenvalue weighted by molar-refractivity contribution is -0.138. The highest BCUT2D eigenvalue weighted by Gasteiger charge is 2.42. The Labute approximate surface area is 220 Å². The molecule has 36 heavy (non-hydrogen) atoms. The molecule has 2 aromatic rings. The van der Waals surface area contributed by atoms with Crippen LogP contribution in [0.5, 0.6) is 0 Å². The molecular weight excluding hydrogens is 474 g/mol. The molecule has 1 atom stereocenters. The van der Waals surface area contributed by atoms with Crippen molar-refractivity contribution >= 4 is 29.9 Å². The second-order valence-electron chi connectivity index (χ2n) is 10.6. The van der Waals surface area contributed by atoms with Crippen LogP contribution in [0.3, 0.4) is 0 Å². The van der Waals surface area contributed by atoms with Crippen LogP contribution in [-0.2, 0) is 32.6 Å². The largest absolute Gasteiger partial charge is 0.378 e. The molecule has 0 N–H and O–H groups in total. The van der Waals surface area contributed by atoms with Gasteiger partial charge in [0, 0.05) is 38.2 Å². The summed E-state index contributed by atoms with van der Waals surface area (Å²) < 4.78 is 5.43. The summed E-state index contributed by atoms with van der Waals surface area (Å²) in [6.45, 7) is 5.18. The number of halogens is 1. The molecule has 7 heteroatoms. The number of para-hydroxylation sites is 1. The molecular formula is C29H36ClN3O3. The first-order valence-corrected chi connectivity index (χ1v) is 13.2. The average Bonchev–Trinajstić information content (AvgIpc) is 3.48. The Morgan fingerprint density at radius 3 is 2.36 bits per heavy atom. The molecule has 1 unspecified atom stereocenters. The minimum atomic E-state index is -0.433. The molecule has 2 amide bonds. The fourth-order valence-electron chi connectivity index (χ4n) is 6.75. The molecule has 0 saturated carbocycles. The highest BCUT2D eigenvalue weighted by atomic mass is 35.5. The molecule has 6 nitrogen and oxygen atoms in total. The van der Waals surface area contributed by atoms with Gasteiger partial charge in [-0.15, -0.1) is 12.4 Å². The highest BCUT2D eigenvalue weighted by molar-refractivity contribution is 6.03. The maximum atomic E-state index is 13.6. The van der Waals surface area contributed by atoms with Crippen molar-refractivity contribution in [3.05, 3.63) is 65.2 Å². The average molecular weight is 510 g/mol. The van der Waals surface area contributed by atoms with Gasteiger partial charge in [-0.25, -0.2) is 0 Å². The Bertz CT molecular complexity index is 1110. The van der Waals surface area contributed by atoms with Crippen LogP contribution in [0.4, 0.5) is 5.69 Å². The topological polar surface area (TPSA) is 53.1 Å². The molecule has 1 aliphatic carbocycles. The summed E-state index contributed by atoms with van der Waals surface area (Å²) in [4.78, 5) is 33.1. The van der Waals surface area contributed by atoms with Crippen LogP contribution < -0.4 is 4.90 Å². The van der Waals surface area contributed by atoms with E-state index in [1.54, 1.807) is 10.5 Å². The number of aryl methyl sites for hydroxylation is 1. The van der Waals surface area contributed by atoms with Crippen molar-refractivity contribution in [1.82, 2.24) is 9.80 Å². The minimum absolute atomic E-state index is 0. The number of benzene rings is 2. The Morgan fingerprint density at radius 1 is 0.889 bits per heavy atom. The number of ether oxygens (including phenoxy) is 1. The number of amides is 2. The number of anilines is 1. The maximum absolute atomic E-state index is 13.6. The van der Waals surface area contributed by atoms with E-state index in [1.165, 1.54) is 31.2 Å². The number of hydrogen-bond acceptors (Lipinski definition) is 4. The van der Waals surface area contributed by atoms with Gasteiger partial charge < -0.3 is 14.5 Å². The first kappa shape index (κ1) is 25.2. The zero-order valence-corrected chi connectivity index (χ0v) is 21.7. The third kappa shape index (κ3) is 4.55. The number of likely N-dealkylation sites (tertiary alicyclic amines) is 1. The van der Waals surface area contributed by atoms with E-state index in [0.29, 0.717) is 44.6 Å². The van der Waals surface area contributed by atoms with Crippen LogP contribution in [0.1, 0.15) is 42.4 Å². The van der Waals surface area contributed by atoms with Crippen molar-refractivity contribution in [3.8, 4) is 0 Å². The molecule has 0 bridgehead atoms. The Morgan fingerprint density at radius 2 is 1.58 bits per heavy atom. The van der Waals surface area contributed by atoms with Crippen molar-refractivity contribution in [2.45, 2.75) is 50.0 Å². The van der Waals surface area contributed by atoms with Crippen LogP contribution in [0.25, 0.3) is 0 Å². The van der Waals surface area contributed by atoms with E-state index in [0.717, 1.165) is 30.9 Å². The normalized spacial score (nSPS) is 22.7. The lowest BCUT2D eigenvalue weighted by Gasteiger charge is -2.40. The van der Waals surface area contributed by atoms with Crippen molar-refractivity contribution < 1.29 is 14.3 Å². The van der Waals surface area contributed by atoms with E-state index in [1.807, 2.05) is 29.2 Å². The van der Waals surface area contributed by atoms with Crippen molar-refractivity contribution in [2.75, 3.05) is 50.8 Å². The summed E-state index contributed by atoms with van der Waals surface area (Å²) in [5.41, 5.74) is 5.42. The number of nitrogens with zero attached hydrogens (tertiary/aromatic N) is 3. The lowest BCUT2D eigenvalue weighted by Crippen LogP contribution is -2.53. The number of rotatable bonds is 4. The first-order chi connectivity index (χ1) is 17.1. The molecule has 0 radical (unpaired) electrons. The third-order valence-corrected chi connectivity index (χ3v) is 8.77. The molecule has 2 fully saturated rings. The summed E-state index contributed by atoms with van der Waals surface area (Å²) in [7, 11) is 0. The molecule has 4 aliphatic rings. The van der Waals surface area contributed by atoms with Crippen LogP contribution in [0.15, 0.2) is 48.5 Å². The van der Waals surface area contributed by atoms with Crippen molar-refractivity contribution in [3.63, 3.8) is 0 Å². The second-order valence-corrected chi connectivity index (χ2v) is 10.6. The molecule has 192 valence electrons. The minimum Gasteiger partial charge on any atom is -0.378 e. The molecule has 0 aromatic heterocycles. The smallest absolute Gasteiger partial charge is 0.246 e. The van der Waals surface area contributed by atoms with E-state index in [-0.39, 0.29) is 24.2 Å². The summed E-state index contributed by atoms with van der Waals surface area (Å²) in [5.74, 6) is 0.116. The van der Waals surface area contributed by atoms with E-state index in [4.69, 9.17) is 4.74 Å². The van der Waals surface area contributed by atoms with Gasteiger partial charge in [-0.05, 0) is 66.9 Å². The van der Waals surface area contributed by atoms with Crippen molar-refractivity contribution in [2.24, 2.45) is 0 Å². The zero-order chi connectivity index (χ0) is 23.8. The molecule has 3 heterocycles. The van der Waals surface area contributed by atoms with E-state index < -0.39 is 6.04 Å². The van der Waals surface area contributed by atoms with Crippen LogP contribution in [0, 0.1) is 0 Å². The number of carbonyl (C=O) groups excluding carboxylic acids is 2. The van der Waals surface area contributed by atoms with Gasteiger partial charge in [0.25, 0.3) is 0 Å². The lowest BCUT2D eigenvalue weighted by atomic mass is 9.74. The van der Waals surface area contributed by atoms with Gasteiger partial charge in [-0.3, -0.25) is 14.5 Å². The molecule has 2 saturated heterocycles. The number of morpholine rings is 1. The molecule has 6 rings (SSSR count). The number of fused-ring (bicyclic) bond motifs is 3. The van der Waals surface area contributed by atoms with Crippen molar-refractivity contribution in [1.29, 1.82) is 0 Å². The molecule has 3 aliphatic heterocycles. The fraction of sp³-hybridized carbons (Fsp3) is 0.517. The first-order valence-electron chi connectivity index (χ1n) is 13.2.